The van der Waals surface area contributed by atoms with Crippen LogP contribution in [0.3, 0.4) is 0 Å². The van der Waals surface area contributed by atoms with Crippen molar-refractivity contribution in [2.75, 3.05) is 20.3 Å². The summed E-state index contributed by atoms with van der Waals surface area (Å²) in [6.07, 6.45) is 3.23. The van der Waals surface area contributed by atoms with Crippen LogP contribution in [0.5, 0.6) is 5.75 Å². The minimum absolute atomic E-state index is 0.0393. The van der Waals surface area contributed by atoms with Crippen LogP contribution in [-0.4, -0.2) is 32.4 Å². The Morgan fingerprint density at radius 3 is 2.94 bits per heavy atom. The summed E-state index contributed by atoms with van der Waals surface area (Å²) in [7, 11) is 1.54. The molecular formula is C14H18O4. The minimum Gasteiger partial charge on any atom is -0.496 e. The maximum Gasteiger partial charge on any atom is 0.342 e. The van der Waals surface area contributed by atoms with Gasteiger partial charge in [-0.3, -0.25) is 0 Å². The standard InChI is InChI=1S/C14H18O4/c1-16-13-8-3-2-7-12(13)14(15)18-10-11-6-4-5-9-17-11/h2-3,7-8,11H,4-6,9-10H2,1H3. The molecule has 1 saturated heterocycles. The third kappa shape index (κ3) is 3.23. The third-order valence-corrected chi connectivity index (χ3v) is 3.00. The molecule has 0 saturated carbocycles. The number of methoxy groups -OCH3 is 1. The molecule has 0 amide bonds. The van der Waals surface area contributed by atoms with Crippen LogP contribution < -0.4 is 4.74 Å². The number of ether oxygens (including phenoxy) is 3. The van der Waals surface area contributed by atoms with Crippen molar-refractivity contribution in [1.29, 1.82) is 0 Å². The minimum atomic E-state index is -0.360. The van der Waals surface area contributed by atoms with E-state index >= 15 is 0 Å². The van der Waals surface area contributed by atoms with E-state index in [1.54, 1.807) is 18.2 Å². The van der Waals surface area contributed by atoms with Crippen LogP contribution in [0.4, 0.5) is 0 Å². The summed E-state index contributed by atoms with van der Waals surface area (Å²) in [5, 5.41) is 0. The van der Waals surface area contributed by atoms with Crippen molar-refractivity contribution in [1.82, 2.24) is 0 Å². The number of hydrogen-bond donors (Lipinski definition) is 0. The van der Waals surface area contributed by atoms with E-state index in [1.165, 1.54) is 7.11 Å². The van der Waals surface area contributed by atoms with E-state index in [1.807, 2.05) is 6.07 Å². The Morgan fingerprint density at radius 2 is 2.22 bits per heavy atom. The van der Waals surface area contributed by atoms with Gasteiger partial charge in [-0.05, 0) is 31.4 Å². The lowest BCUT2D eigenvalue weighted by Gasteiger charge is -2.22. The zero-order valence-corrected chi connectivity index (χ0v) is 10.6. The predicted octanol–water partition coefficient (Wildman–Crippen LogP) is 2.42. The molecule has 0 aromatic heterocycles. The van der Waals surface area contributed by atoms with Gasteiger partial charge in [0, 0.05) is 6.61 Å². The van der Waals surface area contributed by atoms with Gasteiger partial charge >= 0.3 is 5.97 Å². The molecule has 0 spiro atoms. The quantitative estimate of drug-likeness (QED) is 0.770. The van der Waals surface area contributed by atoms with Crippen LogP contribution >= 0.6 is 0 Å². The number of hydrogen-bond acceptors (Lipinski definition) is 4. The lowest BCUT2D eigenvalue weighted by atomic mass is 10.1. The molecule has 1 fully saturated rings. The normalized spacial score (nSPS) is 19.3. The Labute approximate surface area is 107 Å². The largest absolute Gasteiger partial charge is 0.496 e. The number of benzene rings is 1. The topological polar surface area (TPSA) is 44.8 Å². The predicted molar refractivity (Wildman–Crippen MR) is 66.9 cm³/mol. The molecule has 2 rings (SSSR count). The molecule has 1 aromatic carbocycles. The van der Waals surface area contributed by atoms with Crippen LogP contribution in [0.1, 0.15) is 29.6 Å². The van der Waals surface area contributed by atoms with Gasteiger partial charge in [-0.2, -0.15) is 0 Å². The van der Waals surface area contributed by atoms with Crippen LogP contribution in [0.25, 0.3) is 0 Å². The van der Waals surface area contributed by atoms with Gasteiger partial charge in [0.2, 0.25) is 0 Å². The highest BCUT2D eigenvalue weighted by Gasteiger charge is 2.18. The van der Waals surface area contributed by atoms with Crippen molar-refractivity contribution in [2.24, 2.45) is 0 Å². The van der Waals surface area contributed by atoms with Gasteiger partial charge in [0.25, 0.3) is 0 Å². The number of para-hydroxylation sites is 1. The van der Waals surface area contributed by atoms with Crippen molar-refractivity contribution in [3.63, 3.8) is 0 Å². The molecule has 18 heavy (non-hydrogen) atoms. The van der Waals surface area contributed by atoms with Gasteiger partial charge in [-0.15, -0.1) is 0 Å². The molecule has 0 N–H and O–H groups in total. The second-order valence-corrected chi connectivity index (χ2v) is 4.29. The van der Waals surface area contributed by atoms with Gasteiger partial charge in [0.1, 0.15) is 17.9 Å². The highest BCUT2D eigenvalue weighted by molar-refractivity contribution is 5.92. The number of carbonyl (C=O) groups excluding carboxylic acids is 1. The summed E-state index contributed by atoms with van der Waals surface area (Å²) in [6, 6.07) is 7.05. The smallest absolute Gasteiger partial charge is 0.342 e. The fourth-order valence-electron chi connectivity index (χ4n) is 2.00. The van der Waals surface area contributed by atoms with E-state index in [0.29, 0.717) is 17.9 Å². The van der Waals surface area contributed by atoms with E-state index in [2.05, 4.69) is 0 Å². The summed E-state index contributed by atoms with van der Waals surface area (Å²) in [4.78, 5) is 11.9. The van der Waals surface area contributed by atoms with Crippen LogP contribution in [0.2, 0.25) is 0 Å². The van der Waals surface area contributed by atoms with Crippen LogP contribution in [0, 0.1) is 0 Å². The SMILES string of the molecule is COc1ccccc1C(=O)OCC1CCCCO1. The Balaban J connectivity index is 1.90. The van der Waals surface area contributed by atoms with Crippen LogP contribution in [0.15, 0.2) is 24.3 Å². The fourth-order valence-corrected chi connectivity index (χ4v) is 2.00. The van der Waals surface area contributed by atoms with E-state index in [4.69, 9.17) is 14.2 Å². The van der Waals surface area contributed by atoms with E-state index in [0.717, 1.165) is 25.9 Å². The van der Waals surface area contributed by atoms with Gasteiger partial charge in [0.05, 0.1) is 13.2 Å². The summed E-state index contributed by atoms with van der Waals surface area (Å²) < 4.78 is 15.9. The van der Waals surface area contributed by atoms with E-state index in [-0.39, 0.29) is 12.1 Å². The molecule has 1 aliphatic rings. The Kier molecular flexibility index (Phi) is 4.59. The Bertz CT molecular complexity index is 397. The zero-order valence-electron chi connectivity index (χ0n) is 10.6. The highest BCUT2D eigenvalue weighted by atomic mass is 16.6. The van der Waals surface area contributed by atoms with Crippen molar-refractivity contribution < 1.29 is 19.0 Å². The van der Waals surface area contributed by atoms with Gasteiger partial charge in [-0.25, -0.2) is 4.79 Å². The fraction of sp³-hybridized carbons (Fsp3) is 0.500. The van der Waals surface area contributed by atoms with Crippen molar-refractivity contribution in [3.8, 4) is 5.75 Å². The first-order chi connectivity index (χ1) is 8.81. The maximum absolute atomic E-state index is 11.9. The molecule has 1 aromatic rings. The van der Waals surface area contributed by atoms with E-state index < -0.39 is 0 Å². The molecule has 0 aliphatic carbocycles. The number of carbonyl (C=O) groups is 1. The summed E-state index contributed by atoms with van der Waals surface area (Å²) in [5.41, 5.74) is 0.454. The number of esters is 1. The zero-order chi connectivity index (χ0) is 12.8. The molecule has 1 heterocycles. The summed E-state index contributed by atoms with van der Waals surface area (Å²) in [6.45, 7) is 1.08. The Morgan fingerprint density at radius 1 is 1.39 bits per heavy atom. The van der Waals surface area contributed by atoms with Gasteiger partial charge in [-0.1, -0.05) is 12.1 Å². The average molecular weight is 250 g/mol. The molecule has 1 atom stereocenters. The number of rotatable bonds is 4. The molecule has 4 heteroatoms. The monoisotopic (exact) mass is 250 g/mol. The first kappa shape index (κ1) is 12.9. The molecular weight excluding hydrogens is 232 g/mol. The third-order valence-electron chi connectivity index (χ3n) is 3.00. The second-order valence-electron chi connectivity index (χ2n) is 4.29. The lowest BCUT2D eigenvalue weighted by Crippen LogP contribution is -2.26. The van der Waals surface area contributed by atoms with Crippen molar-refractivity contribution >= 4 is 5.97 Å². The van der Waals surface area contributed by atoms with E-state index in [9.17, 15) is 4.79 Å². The highest BCUT2D eigenvalue weighted by Crippen LogP contribution is 2.19. The second kappa shape index (κ2) is 6.40. The molecule has 1 aliphatic heterocycles. The lowest BCUT2D eigenvalue weighted by molar-refractivity contribution is -0.0301. The molecule has 4 nitrogen and oxygen atoms in total. The molecule has 0 bridgehead atoms. The van der Waals surface area contributed by atoms with Crippen LogP contribution in [-0.2, 0) is 9.47 Å². The first-order valence-corrected chi connectivity index (χ1v) is 6.23. The summed E-state index contributed by atoms with van der Waals surface area (Å²) in [5.74, 6) is 0.175. The van der Waals surface area contributed by atoms with Gasteiger partial charge in [0.15, 0.2) is 0 Å². The molecule has 98 valence electrons. The van der Waals surface area contributed by atoms with Gasteiger partial charge < -0.3 is 14.2 Å². The van der Waals surface area contributed by atoms with Crippen molar-refractivity contribution in [2.45, 2.75) is 25.4 Å². The molecule has 0 radical (unpaired) electrons. The first-order valence-electron chi connectivity index (χ1n) is 6.23. The average Bonchev–Trinajstić information content (AvgIpc) is 2.45. The Hall–Kier alpha value is -1.55. The molecule has 1 unspecified atom stereocenters. The summed E-state index contributed by atoms with van der Waals surface area (Å²) >= 11 is 0. The maximum atomic E-state index is 11.9. The van der Waals surface area contributed by atoms with Crippen molar-refractivity contribution in [3.05, 3.63) is 29.8 Å².